The number of carboxylic acid groups (broad SMARTS) is 1. The average molecular weight is 412 g/mol. The van der Waals surface area contributed by atoms with Gasteiger partial charge in [0.2, 0.25) is 5.76 Å². The minimum absolute atomic E-state index is 0.0650. The van der Waals surface area contributed by atoms with Crippen LogP contribution in [0.5, 0.6) is 23.0 Å². The van der Waals surface area contributed by atoms with E-state index in [0.29, 0.717) is 22.8 Å². The van der Waals surface area contributed by atoms with Gasteiger partial charge in [-0.05, 0) is 26.0 Å². The standard InChI is InChI=1S/C22H20O8/c1-22(2)11-7-14(27-4)13(26-3)6-10(11)18-15(28-5)9-16-19(20(18)30-22)12(23)8-17(29-16)21(24)25/h6-9H,1-5H3,(H,24,25). The fourth-order valence-corrected chi connectivity index (χ4v) is 3.78. The van der Waals surface area contributed by atoms with Gasteiger partial charge >= 0.3 is 5.97 Å². The highest BCUT2D eigenvalue weighted by molar-refractivity contribution is 5.99. The molecule has 8 heteroatoms. The van der Waals surface area contributed by atoms with Crippen molar-refractivity contribution in [2.24, 2.45) is 0 Å². The molecule has 0 radical (unpaired) electrons. The predicted octanol–water partition coefficient (Wildman–Crippen LogP) is 3.81. The van der Waals surface area contributed by atoms with Crippen LogP contribution in [-0.4, -0.2) is 32.4 Å². The SMILES string of the molecule is COc1cc2c(cc1OC)C(C)(C)Oc1c-2c(OC)cc2oc(C(=O)O)cc(=O)c12. The van der Waals surface area contributed by atoms with Crippen molar-refractivity contribution in [1.29, 1.82) is 0 Å². The molecule has 0 atom stereocenters. The largest absolute Gasteiger partial charge is 0.496 e. The topological polar surface area (TPSA) is 104 Å². The first-order chi connectivity index (χ1) is 14.2. The maximum Gasteiger partial charge on any atom is 0.371 e. The van der Waals surface area contributed by atoms with Gasteiger partial charge in [0, 0.05) is 23.3 Å². The summed E-state index contributed by atoms with van der Waals surface area (Å²) in [5.41, 5.74) is 0.827. The summed E-state index contributed by atoms with van der Waals surface area (Å²) in [7, 11) is 4.56. The van der Waals surface area contributed by atoms with Crippen LogP contribution in [0.1, 0.15) is 30.0 Å². The van der Waals surface area contributed by atoms with Crippen molar-refractivity contribution in [1.82, 2.24) is 0 Å². The molecule has 1 aliphatic heterocycles. The van der Waals surface area contributed by atoms with E-state index in [9.17, 15) is 14.7 Å². The van der Waals surface area contributed by atoms with Gasteiger partial charge in [-0.25, -0.2) is 4.79 Å². The molecule has 0 aliphatic carbocycles. The van der Waals surface area contributed by atoms with Gasteiger partial charge in [0.25, 0.3) is 0 Å². The number of aromatic carboxylic acids is 1. The van der Waals surface area contributed by atoms with Crippen LogP contribution in [-0.2, 0) is 5.60 Å². The van der Waals surface area contributed by atoms with Crippen molar-refractivity contribution in [2.75, 3.05) is 21.3 Å². The summed E-state index contributed by atoms with van der Waals surface area (Å²) in [6, 6.07) is 6.07. The lowest BCUT2D eigenvalue weighted by Crippen LogP contribution is -2.30. The maximum absolute atomic E-state index is 12.8. The Morgan fingerprint density at radius 2 is 1.60 bits per heavy atom. The van der Waals surface area contributed by atoms with E-state index < -0.39 is 22.8 Å². The Morgan fingerprint density at radius 1 is 0.967 bits per heavy atom. The number of carbonyl (C=O) groups is 1. The van der Waals surface area contributed by atoms with Gasteiger partial charge < -0.3 is 28.5 Å². The van der Waals surface area contributed by atoms with Gasteiger partial charge in [0.15, 0.2) is 16.9 Å². The maximum atomic E-state index is 12.8. The van der Waals surface area contributed by atoms with Gasteiger partial charge in [0.05, 0.1) is 26.9 Å². The summed E-state index contributed by atoms with van der Waals surface area (Å²) in [6.07, 6.45) is 0. The number of rotatable bonds is 4. The summed E-state index contributed by atoms with van der Waals surface area (Å²) < 4.78 is 28.2. The molecule has 8 nitrogen and oxygen atoms in total. The first kappa shape index (κ1) is 19.6. The van der Waals surface area contributed by atoms with Crippen LogP contribution in [0.3, 0.4) is 0 Å². The van der Waals surface area contributed by atoms with E-state index in [1.807, 2.05) is 19.9 Å². The monoisotopic (exact) mass is 412 g/mol. The Labute approximate surface area is 171 Å². The molecule has 1 aromatic heterocycles. The van der Waals surface area contributed by atoms with E-state index in [0.717, 1.165) is 17.2 Å². The number of carboxylic acids is 1. The highest BCUT2D eigenvalue weighted by Gasteiger charge is 2.38. The van der Waals surface area contributed by atoms with Crippen LogP contribution in [0.2, 0.25) is 0 Å². The Hall–Kier alpha value is -3.68. The zero-order chi connectivity index (χ0) is 21.8. The second-order valence-electron chi connectivity index (χ2n) is 7.30. The predicted molar refractivity (Wildman–Crippen MR) is 108 cm³/mol. The quantitative estimate of drug-likeness (QED) is 0.690. The van der Waals surface area contributed by atoms with E-state index in [1.54, 1.807) is 13.2 Å². The first-order valence-corrected chi connectivity index (χ1v) is 9.09. The van der Waals surface area contributed by atoms with Crippen molar-refractivity contribution in [3.05, 3.63) is 45.8 Å². The third-order valence-corrected chi connectivity index (χ3v) is 5.17. The van der Waals surface area contributed by atoms with E-state index in [4.69, 9.17) is 23.4 Å². The molecule has 0 amide bonds. The number of methoxy groups -OCH3 is 3. The van der Waals surface area contributed by atoms with Gasteiger partial charge in [-0.2, -0.15) is 0 Å². The molecular weight excluding hydrogens is 392 g/mol. The first-order valence-electron chi connectivity index (χ1n) is 9.09. The molecule has 0 unspecified atom stereocenters. The average Bonchev–Trinajstić information content (AvgIpc) is 2.71. The minimum Gasteiger partial charge on any atom is -0.496 e. The molecule has 0 fully saturated rings. The molecule has 3 aromatic rings. The van der Waals surface area contributed by atoms with Crippen LogP contribution >= 0.6 is 0 Å². The van der Waals surface area contributed by atoms with Crippen LogP contribution < -0.4 is 24.4 Å². The van der Waals surface area contributed by atoms with Gasteiger partial charge in [0.1, 0.15) is 28.1 Å². The molecule has 1 N–H and O–H groups in total. The van der Waals surface area contributed by atoms with E-state index in [-0.39, 0.29) is 16.7 Å². The number of hydrogen-bond acceptors (Lipinski definition) is 7. The van der Waals surface area contributed by atoms with Crippen LogP contribution in [0, 0.1) is 0 Å². The normalized spacial score (nSPS) is 13.8. The molecule has 0 saturated carbocycles. The number of benzene rings is 2. The Morgan fingerprint density at radius 3 is 2.20 bits per heavy atom. The number of hydrogen-bond donors (Lipinski definition) is 1. The summed E-state index contributed by atoms with van der Waals surface area (Å²) in [5, 5.41) is 9.38. The van der Waals surface area contributed by atoms with E-state index in [2.05, 4.69) is 0 Å². The summed E-state index contributed by atoms with van der Waals surface area (Å²) in [5.74, 6) is -0.116. The highest BCUT2D eigenvalue weighted by atomic mass is 16.5. The second kappa shape index (κ2) is 6.69. The Kier molecular flexibility index (Phi) is 4.38. The van der Waals surface area contributed by atoms with Crippen LogP contribution in [0.25, 0.3) is 22.1 Å². The molecule has 4 rings (SSSR count). The molecule has 0 spiro atoms. The second-order valence-corrected chi connectivity index (χ2v) is 7.30. The van der Waals surface area contributed by atoms with E-state index >= 15 is 0 Å². The van der Waals surface area contributed by atoms with E-state index in [1.165, 1.54) is 20.3 Å². The lowest BCUT2D eigenvalue weighted by atomic mass is 9.84. The minimum atomic E-state index is -1.34. The highest BCUT2D eigenvalue weighted by Crippen LogP contribution is 2.54. The van der Waals surface area contributed by atoms with Crippen LogP contribution in [0.4, 0.5) is 0 Å². The Bertz CT molecular complexity index is 1250. The molecular formula is C22H20O8. The molecule has 0 saturated heterocycles. The molecule has 2 aromatic carbocycles. The summed E-state index contributed by atoms with van der Waals surface area (Å²) in [6.45, 7) is 3.72. The molecule has 156 valence electrons. The molecule has 1 aliphatic rings. The smallest absolute Gasteiger partial charge is 0.371 e. The third kappa shape index (κ3) is 2.75. The number of fused-ring (bicyclic) bond motifs is 5. The summed E-state index contributed by atoms with van der Waals surface area (Å²) in [4.78, 5) is 24.2. The number of ether oxygens (including phenoxy) is 4. The zero-order valence-corrected chi connectivity index (χ0v) is 17.1. The lowest BCUT2D eigenvalue weighted by molar-refractivity contribution is 0.0662. The fraction of sp³-hybridized carbons (Fsp3) is 0.273. The molecule has 30 heavy (non-hydrogen) atoms. The van der Waals surface area contributed by atoms with Crippen molar-refractivity contribution in [3.8, 4) is 34.1 Å². The lowest BCUT2D eigenvalue weighted by Gasteiger charge is -2.36. The Balaban J connectivity index is 2.16. The fourth-order valence-electron chi connectivity index (χ4n) is 3.78. The van der Waals surface area contributed by atoms with Gasteiger partial charge in [-0.3, -0.25) is 4.79 Å². The van der Waals surface area contributed by atoms with Gasteiger partial charge in [-0.15, -0.1) is 0 Å². The van der Waals surface area contributed by atoms with Gasteiger partial charge in [-0.1, -0.05) is 0 Å². The molecule has 0 bridgehead atoms. The third-order valence-electron chi connectivity index (χ3n) is 5.17. The van der Waals surface area contributed by atoms with Crippen molar-refractivity contribution in [3.63, 3.8) is 0 Å². The zero-order valence-electron chi connectivity index (χ0n) is 17.1. The van der Waals surface area contributed by atoms with Crippen molar-refractivity contribution >= 4 is 16.9 Å². The summed E-state index contributed by atoms with van der Waals surface area (Å²) >= 11 is 0. The molecule has 2 heterocycles. The van der Waals surface area contributed by atoms with Crippen molar-refractivity contribution < 1.29 is 33.3 Å². The van der Waals surface area contributed by atoms with Crippen LogP contribution in [0.15, 0.2) is 33.5 Å². The van der Waals surface area contributed by atoms with Crippen molar-refractivity contribution in [2.45, 2.75) is 19.4 Å².